The lowest BCUT2D eigenvalue weighted by molar-refractivity contribution is -0.129. The van der Waals surface area contributed by atoms with Crippen molar-refractivity contribution in [2.45, 2.75) is 70.7 Å². The average molecular weight is 707 g/mol. The Labute approximate surface area is 293 Å². The molecule has 0 unspecified atom stereocenters. The van der Waals surface area contributed by atoms with Crippen LogP contribution in [-0.2, 0) is 32.6 Å². The van der Waals surface area contributed by atoms with Crippen molar-refractivity contribution < 1.29 is 33.1 Å². The van der Waals surface area contributed by atoms with Crippen molar-refractivity contribution in [3.05, 3.63) is 95.3 Å². The number of carbonyl (C=O) groups is 3. The van der Waals surface area contributed by atoms with Crippen LogP contribution in [0.2, 0.25) is 0 Å². The van der Waals surface area contributed by atoms with Crippen molar-refractivity contribution in [2.24, 2.45) is 17.0 Å². The molecule has 1 aliphatic heterocycles. The summed E-state index contributed by atoms with van der Waals surface area (Å²) in [5.41, 5.74) is 2.58. The van der Waals surface area contributed by atoms with E-state index in [4.69, 9.17) is 5.21 Å². The quantitative estimate of drug-likeness (QED) is 0.0880. The summed E-state index contributed by atoms with van der Waals surface area (Å²) in [5, 5.41) is 26.4. The minimum atomic E-state index is -4.10. The molecule has 2 aromatic carbocycles. The van der Waals surface area contributed by atoms with Crippen LogP contribution in [0.4, 0.5) is 4.79 Å². The van der Waals surface area contributed by atoms with Crippen molar-refractivity contribution in [3.8, 4) is 0 Å². The Hall–Kier alpha value is -4.66. The number of aryl methyl sites for hydroxylation is 1. The second-order valence-electron chi connectivity index (χ2n) is 13.3. The number of hydrogen-bond acceptors (Lipinski definition) is 9. The van der Waals surface area contributed by atoms with E-state index in [-0.39, 0.29) is 43.4 Å². The normalized spacial score (nSPS) is 15.8. The topological polar surface area (TPSA) is 173 Å². The van der Waals surface area contributed by atoms with E-state index in [1.807, 2.05) is 57.2 Å². The van der Waals surface area contributed by atoms with Gasteiger partial charge in [0.15, 0.2) is 0 Å². The first-order chi connectivity index (χ1) is 23.7. The predicted molar refractivity (Wildman–Crippen MR) is 188 cm³/mol. The van der Waals surface area contributed by atoms with Crippen molar-refractivity contribution in [2.75, 3.05) is 19.6 Å². The average Bonchev–Trinajstić information content (AvgIpc) is 3.32. The van der Waals surface area contributed by atoms with Crippen LogP contribution in [-0.4, -0.2) is 99.7 Å². The standard InChI is InChI=1S/C36H46N6O7S/c1-24(2)20-40(50(48,49)30-16-14-28(15-17-30)19-37-47)22-32(43)31(18-27-11-7-6-8-12-27)39-35(45)34(25(3)4)42-23-33(44)41(36(42)46)21-29-13-9-10-26(5)38-29/h6-17,19,24-25,31-32,34,43,47H,18,20-23H2,1-5H3,(H,39,45)/t31-,32-,34-/m0/s1. The fourth-order valence-electron chi connectivity index (χ4n) is 5.96. The molecule has 1 aliphatic rings. The SMILES string of the molecule is Cc1cccc(CN2C(=O)CN([C@H](C(=O)N[C@@H](Cc3ccccc3)[C@@H](O)CN(CC(C)C)S(=O)(=O)c3ccc(C=NO)cc3)C(C)C)C2=O)n1. The summed E-state index contributed by atoms with van der Waals surface area (Å²) in [6.07, 6.45) is -0.0137. The van der Waals surface area contributed by atoms with E-state index in [2.05, 4.69) is 15.5 Å². The molecule has 4 amide bonds. The first-order valence-corrected chi connectivity index (χ1v) is 18.0. The van der Waals surface area contributed by atoms with E-state index in [1.165, 1.54) is 39.7 Å². The summed E-state index contributed by atoms with van der Waals surface area (Å²) in [6.45, 7) is 8.50. The number of imide groups is 1. The minimum absolute atomic E-state index is 0.00779. The molecule has 0 aliphatic carbocycles. The highest BCUT2D eigenvalue weighted by atomic mass is 32.2. The smallest absolute Gasteiger partial charge is 0.328 e. The highest BCUT2D eigenvalue weighted by Crippen LogP contribution is 2.23. The van der Waals surface area contributed by atoms with Crippen molar-refractivity contribution >= 4 is 34.1 Å². The van der Waals surface area contributed by atoms with Gasteiger partial charge in [-0.05, 0) is 60.6 Å². The zero-order valence-electron chi connectivity index (χ0n) is 29.0. The molecule has 0 spiro atoms. The molecule has 4 rings (SSSR count). The highest BCUT2D eigenvalue weighted by Gasteiger charge is 2.44. The molecular formula is C36H46N6O7S. The summed E-state index contributed by atoms with van der Waals surface area (Å²) in [5.74, 6) is -1.53. The lowest BCUT2D eigenvalue weighted by atomic mass is 9.97. The van der Waals surface area contributed by atoms with Crippen molar-refractivity contribution in [1.29, 1.82) is 0 Å². The monoisotopic (exact) mass is 706 g/mol. The van der Waals surface area contributed by atoms with Gasteiger partial charge in [0, 0.05) is 18.8 Å². The van der Waals surface area contributed by atoms with Crippen LogP contribution in [0.25, 0.3) is 0 Å². The largest absolute Gasteiger partial charge is 0.411 e. The maximum atomic E-state index is 14.1. The highest BCUT2D eigenvalue weighted by molar-refractivity contribution is 7.89. The van der Waals surface area contributed by atoms with E-state index in [0.717, 1.165) is 16.2 Å². The van der Waals surface area contributed by atoms with E-state index >= 15 is 0 Å². The Morgan fingerprint density at radius 1 is 1.00 bits per heavy atom. The Bertz CT molecular complexity index is 1770. The summed E-state index contributed by atoms with van der Waals surface area (Å²) >= 11 is 0. The summed E-state index contributed by atoms with van der Waals surface area (Å²) < 4.78 is 28.9. The van der Waals surface area contributed by atoms with Crippen molar-refractivity contribution in [3.63, 3.8) is 0 Å². The van der Waals surface area contributed by atoms with Crippen LogP contribution in [0.1, 0.15) is 50.2 Å². The number of sulfonamides is 1. The Morgan fingerprint density at radius 3 is 2.28 bits per heavy atom. The van der Waals surface area contributed by atoms with Gasteiger partial charge in [0.2, 0.25) is 15.9 Å². The molecule has 1 aromatic heterocycles. The maximum absolute atomic E-state index is 14.1. The van der Waals surface area contributed by atoms with Gasteiger partial charge in [0.25, 0.3) is 5.91 Å². The van der Waals surface area contributed by atoms with E-state index < -0.39 is 52.0 Å². The maximum Gasteiger partial charge on any atom is 0.328 e. The summed E-state index contributed by atoms with van der Waals surface area (Å²) in [4.78, 5) is 47.5. The molecule has 3 N–H and O–H groups in total. The van der Waals surface area contributed by atoms with Gasteiger partial charge in [0.1, 0.15) is 12.6 Å². The van der Waals surface area contributed by atoms with Crippen molar-refractivity contribution in [1.82, 2.24) is 24.4 Å². The Balaban J connectivity index is 1.59. The minimum Gasteiger partial charge on any atom is -0.411 e. The lowest BCUT2D eigenvalue weighted by Crippen LogP contribution is -2.57. The molecular weight excluding hydrogens is 660 g/mol. The Kier molecular flexibility index (Phi) is 12.8. The molecule has 14 heteroatoms. The van der Waals surface area contributed by atoms with Gasteiger partial charge >= 0.3 is 6.03 Å². The number of aliphatic hydroxyl groups excluding tert-OH is 1. The van der Waals surface area contributed by atoms with Gasteiger partial charge in [-0.15, -0.1) is 0 Å². The number of rotatable bonds is 16. The molecule has 2 heterocycles. The molecule has 0 radical (unpaired) electrons. The second kappa shape index (κ2) is 16.8. The number of pyridine rings is 1. The molecule has 1 saturated heterocycles. The number of nitrogens with one attached hydrogen (secondary N) is 1. The number of aliphatic hydroxyl groups is 1. The third kappa shape index (κ3) is 9.52. The van der Waals surface area contributed by atoms with Gasteiger partial charge < -0.3 is 20.5 Å². The first kappa shape index (κ1) is 38.1. The van der Waals surface area contributed by atoms with Gasteiger partial charge in [-0.1, -0.05) is 81.4 Å². The third-order valence-corrected chi connectivity index (χ3v) is 10.2. The molecule has 50 heavy (non-hydrogen) atoms. The fraction of sp³-hybridized carbons (Fsp3) is 0.417. The molecule has 0 saturated carbocycles. The first-order valence-electron chi connectivity index (χ1n) is 16.5. The lowest BCUT2D eigenvalue weighted by Gasteiger charge is -2.34. The number of hydrogen-bond donors (Lipinski definition) is 3. The van der Waals surface area contributed by atoms with E-state index in [1.54, 1.807) is 26.0 Å². The van der Waals surface area contributed by atoms with Gasteiger partial charge in [-0.2, -0.15) is 4.31 Å². The zero-order valence-corrected chi connectivity index (χ0v) is 29.8. The number of urea groups is 1. The number of oxime groups is 1. The number of amides is 4. The number of benzene rings is 2. The number of nitrogens with zero attached hydrogens (tertiary/aromatic N) is 5. The van der Waals surface area contributed by atoms with Gasteiger partial charge in [0.05, 0.1) is 35.5 Å². The van der Waals surface area contributed by atoms with E-state index in [9.17, 15) is 27.9 Å². The van der Waals surface area contributed by atoms with Crippen LogP contribution in [0.15, 0.2) is 82.8 Å². The van der Waals surface area contributed by atoms with Gasteiger partial charge in [-0.3, -0.25) is 19.5 Å². The molecule has 268 valence electrons. The zero-order chi connectivity index (χ0) is 36.6. The van der Waals surface area contributed by atoms with Gasteiger partial charge in [-0.25, -0.2) is 13.2 Å². The van der Waals surface area contributed by atoms with Crippen LogP contribution in [0, 0.1) is 18.8 Å². The predicted octanol–water partition coefficient (Wildman–Crippen LogP) is 3.42. The number of carbonyl (C=O) groups excluding carboxylic acids is 3. The van der Waals surface area contributed by atoms with Crippen LogP contribution < -0.4 is 5.32 Å². The molecule has 1 fully saturated rings. The second-order valence-corrected chi connectivity index (χ2v) is 15.2. The summed E-state index contributed by atoms with van der Waals surface area (Å²) in [7, 11) is -4.10. The van der Waals surface area contributed by atoms with Crippen LogP contribution in [0.5, 0.6) is 0 Å². The van der Waals surface area contributed by atoms with E-state index in [0.29, 0.717) is 11.3 Å². The molecule has 3 atom stereocenters. The Morgan fingerprint density at radius 2 is 1.68 bits per heavy atom. The molecule has 3 aromatic rings. The van der Waals surface area contributed by atoms with Crippen LogP contribution in [0.3, 0.4) is 0 Å². The van der Waals surface area contributed by atoms with Crippen LogP contribution >= 0.6 is 0 Å². The fourth-order valence-corrected chi connectivity index (χ4v) is 7.58. The number of aromatic nitrogens is 1. The molecule has 13 nitrogen and oxygen atoms in total. The third-order valence-electron chi connectivity index (χ3n) is 8.36. The molecule has 0 bridgehead atoms. The summed E-state index contributed by atoms with van der Waals surface area (Å²) in [6, 6.07) is 17.7.